The van der Waals surface area contributed by atoms with Gasteiger partial charge in [0, 0.05) is 19.2 Å². The van der Waals surface area contributed by atoms with Gasteiger partial charge in [-0.2, -0.15) is 4.31 Å². The molecule has 1 amide bonds. The lowest BCUT2D eigenvalue weighted by atomic mass is 10.3. The molecule has 0 atom stereocenters. The summed E-state index contributed by atoms with van der Waals surface area (Å²) >= 11 is 6.03. The number of ether oxygens (including phenoxy) is 2. The summed E-state index contributed by atoms with van der Waals surface area (Å²) in [6, 6.07) is 4.03. The zero-order valence-corrected chi connectivity index (χ0v) is 15.7. The molecule has 8 nitrogen and oxygen atoms in total. The number of morpholine rings is 1. The number of hydrogen-bond acceptors (Lipinski definition) is 6. The Kier molecular flexibility index (Phi) is 7.15. The van der Waals surface area contributed by atoms with E-state index in [2.05, 4.69) is 5.32 Å². The van der Waals surface area contributed by atoms with Crippen LogP contribution >= 0.6 is 11.6 Å². The highest BCUT2D eigenvalue weighted by atomic mass is 35.5. The van der Waals surface area contributed by atoms with E-state index in [1.165, 1.54) is 34.7 Å². The van der Waals surface area contributed by atoms with Crippen LogP contribution in [0.15, 0.2) is 35.2 Å². The van der Waals surface area contributed by atoms with Gasteiger partial charge < -0.3 is 14.8 Å². The first kappa shape index (κ1) is 20.4. The fourth-order valence-electron chi connectivity index (χ4n) is 2.20. The van der Waals surface area contributed by atoms with Gasteiger partial charge in [0.05, 0.1) is 28.8 Å². The van der Waals surface area contributed by atoms with E-state index in [1.54, 1.807) is 6.92 Å². The zero-order valence-electron chi connectivity index (χ0n) is 14.1. The number of benzene rings is 1. The highest BCUT2D eigenvalue weighted by molar-refractivity contribution is 7.89. The number of nitrogens with one attached hydrogen (secondary N) is 1. The van der Waals surface area contributed by atoms with Crippen molar-refractivity contribution in [3.05, 3.63) is 35.4 Å². The Balaban J connectivity index is 2.11. The molecule has 2 rings (SSSR count). The number of hydrogen-bond donors (Lipinski definition) is 1. The van der Waals surface area contributed by atoms with E-state index in [9.17, 15) is 18.0 Å². The third kappa shape index (κ3) is 5.28. The normalized spacial score (nSPS) is 15.8. The van der Waals surface area contributed by atoms with Gasteiger partial charge in [-0.25, -0.2) is 13.2 Å². The summed E-state index contributed by atoms with van der Waals surface area (Å²) in [5.74, 6) is -1.29. The van der Waals surface area contributed by atoms with E-state index >= 15 is 0 Å². The number of anilines is 1. The van der Waals surface area contributed by atoms with E-state index in [-0.39, 0.29) is 28.7 Å². The first-order valence-corrected chi connectivity index (χ1v) is 9.63. The van der Waals surface area contributed by atoms with Crippen molar-refractivity contribution in [2.45, 2.75) is 11.8 Å². The Hall–Kier alpha value is -1.94. The second-order valence-electron chi connectivity index (χ2n) is 5.31. The van der Waals surface area contributed by atoms with Gasteiger partial charge in [-0.1, -0.05) is 17.7 Å². The lowest BCUT2D eigenvalue weighted by molar-refractivity contribution is -0.142. The van der Waals surface area contributed by atoms with Gasteiger partial charge in [-0.3, -0.25) is 4.79 Å². The fourth-order valence-corrected chi connectivity index (χ4v) is 3.80. The number of carbonyl (C=O) groups excluding carboxylic acids is 2. The van der Waals surface area contributed by atoms with Crippen molar-refractivity contribution in [2.24, 2.45) is 0 Å². The maximum absolute atomic E-state index is 12.7. The fraction of sp³-hybridized carbons (Fsp3) is 0.375. The summed E-state index contributed by atoms with van der Waals surface area (Å²) in [5.41, 5.74) is 0.119. The van der Waals surface area contributed by atoms with Gasteiger partial charge in [-0.15, -0.1) is 0 Å². The number of esters is 1. The number of halogens is 1. The topological polar surface area (TPSA) is 102 Å². The molecule has 0 radical (unpaired) electrons. The van der Waals surface area contributed by atoms with Crippen LogP contribution < -0.4 is 5.32 Å². The number of amides is 1. The summed E-state index contributed by atoms with van der Waals surface area (Å²) < 4.78 is 36.5. The minimum Gasteiger partial charge on any atom is -0.452 e. The van der Waals surface area contributed by atoms with E-state index in [1.807, 2.05) is 0 Å². The Morgan fingerprint density at radius 2 is 2.04 bits per heavy atom. The molecule has 1 fully saturated rings. The first-order chi connectivity index (χ1) is 12.3. The van der Waals surface area contributed by atoms with Gasteiger partial charge in [0.1, 0.15) is 0 Å². The number of nitrogens with zero attached hydrogens (tertiary/aromatic N) is 1. The number of carbonyl (C=O) groups is 2. The van der Waals surface area contributed by atoms with Crippen LogP contribution in [-0.4, -0.2) is 57.5 Å². The lowest BCUT2D eigenvalue weighted by Gasteiger charge is -2.26. The van der Waals surface area contributed by atoms with E-state index in [4.69, 9.17) is 21.1 Å². The number of allylic oxidation sites excluding steroid dienone is 1. The van der Waals surface area contributed by atoms with Crippen LogP contribution in [0, 0.1) is 0 Å². The molecule has 0 aliphatic carbocycles. The summed E-state index contributed by atoms with van der Waals surface area (Å²) in [7, 11) is -3.72. The monoisotopic (exact) mass is 402 g/mol. The number of sulfonamides is 1. The molecule has 26 heavy (non-hydrogen) atoms. The third-order valence-corrected chi connectivity index (χ3v) is 5.69. The van der Waals surface area contributed by atoms with E-state index < -0.39 is 28.5 Å². The standard InChI is InChI=1S/C16H19ClN2O6S/c1-2-3-16(21)25-11-15(20)18-14-10-12(4-5-13(14)17)26(22,23)19-6-8-24-9-7-19/h2-5,10H,6-9,11H2,1H3,(H,18,20)/b3-2+. The van der Waals surface area contributed by atoms with E-state index in [0.717, 1.165) is 0 Å². The lowest BCUT2D eigenvalue weighted by Crippen LogP contribution is -2.40. The summed E-state index contributed by atoms with van der Waals surface area (Å²) in [6.45, 7) is 2.30. The first-order valence-electron chi connectivity index (χ1n) is 7.81. The maximum atomic E-state index is 12.7. The van der Waals surface area contributed by atoms with Crippen molar-refractivity contribution in [1.29, 1.82) is 0 Å². The average Bonchev–Trinajstić information content (AvgIpc) is 2.62. The summed E-state index contributed by atoms with van der Waals surface area (Å²) in [5, 5.41) is 2.61. The summed E-state index contributed by atoms with van der Waals surface area (Å²) in [4.78, 5) is 23.1. The molecule has 10 heteroatoms. The van der Waals surface area contributed by atoms with Crippen LogP contribution in [0.3, 0.4) is 0 Å². The Bertz CT molecular complexity index is 803. The predicted molar refractivity (Wildman–Crippen MR) is 95.4 cm³/mol. The number of rotatable bonds is 6. The van der Waals surface area contributed by atoms with Crippen molar-refractivity contribution in [1.82, 2.24) is 4.31 Å². The third-order valence-electron chi connectivity index (χ3n) is 3.47. The molecule has 0 saturated carbocycles. The Morgan fingerprint density at radius 1 is 1.35 bits per heavy atom. The van der Waals surface area contributed by atoms with Crippen molar-refractivity contribution in [3.63, 3.8) is 0 Å². The largest absolute Gasteiger partial charge is 0.452 e. The quantitative estimate of drug-likeness (QED) is 0.570. The summed E-state index contributed by atoms with van der Waals surface area (Å²) in [6.07, 6.45) is 2.66. The molecule has 1 aliphatic heterocycles. The molecule has 0 aromatic heterocycles. The second kappa shape index (κ2) is 9.13. The molecule has 1 aromatic rings. The molecule has 1 aromatic carbocycles. The Labute approximate surface area is 156 Å². The molecule has 1 aliphatic rings. The van der Waals surface area contributed by atoms with Crippen LogP contribution in [0.1, 0.15) is 6.92 Å². The molecule has 0 bridgehead atoms. The molecule has 142 valence electrons. The van der Waals surface area contributed by atoms with Crippen molar-refractivity contribution >= 4 is 39.2 Å². The van der Waals surface area contributed by atoms with E-state index in [0.29, 0.717) is 13.2 Å². The molecular formula is C16H19ClN2O6S. The van der Waals surface area contributed by atoms with Gasteiger partial charge in [-0.05, 0) is 25.1 Å². The maximum Gasteiger partial charge on any atom is 0.330 e. The highest BCUT2D eigenvalue weighted by Crippen LogP contribution is 2.27. The van der Waals surface area contributed by atoms with Gasteiger partial charge >= 0.3 is 5.97 Å². The molecular weight excluding hydrogens is 384 g/mol. The molecule has 1 saturated heterocycles. The predicted octanol–water partition coefficient (Wildman–Crippen LogP) is 1.42. The molecule has 0 unspecified atom stereocenters. The van der Waals surface area contributed by atoms with Crippen molar-refractivity contribution in [2.75, 3.05) is 38.2 Å². The van der Waals surface area contributed by atoms with Crippen LogP contribution in [0.25, 0.3) is 0 Å². The minimum absolute atomic E-state index is 0.00464. The zero-order chi connectivity index (χ0) is 19.2. The van der Waals surface area contributed by atoms with Gasteiger partial charge in [0.15, 0.2) is 6.61 Å². The smallest absolute Gasteiger partial charge is 0.330 e. The Morgan fingerprint density at radius 3 is 2.69 bits per heavy atom. The minimum atomic E-state index is -3.72. The van der Waals surface area contributed by atoms with Crippen molar-refractivity contribution in [3.8, 4) is 0 Å². The molecule has 0 spiro atoms. The second-order valence-corrected chi connectivity index (χ2v) is 7.66. The van der Waals surface area contributed by atoms with Crippen molar-refractivity contribution < 1.29 is 27.5 Å². The van der Waals surface area contributed by atoms with Gasteiger partial charge in [0.25, 0.3) is 5.91 Å². The molecule has 1 N–H and O–H groups in total. The van der Waals surface area contributed by atoms with Gasteiger partial charge in [0.2, 0.25) is 10.0 Å². The van der Waals surface area contributed by atoms with Crippen LogP contribution in [0.2, 0.25) is 5.02 Å². The van der Waals surface area contributed by atoms with Crippen LogP contribution in [0.4, 0.5) is 5.69 Å². The average molecular weight is 403 g/mol. The van der Waals surface area contributed by atoms with Crippen LogP contribution in [0.5, 0.6) is 0 Å². The van der Waals surface area contributed by atoms with Crippen LogP contribution in [-0.2, 0) is 29.1 Å². The SMILES string of the molecule is C/C=C/C(=O)OCC(=O)Nc1cc(S(=O)(=O)N2CCOCC2)ccc1Cl. The highest BCUT2D eigenvalue weighted by Gasteiger charge is 2.27. The molecule has 1 heterocycles.